The zero-order valence-electron chi connectivity index (χ0n) is 12.8. The molecule has 25 heavy (non-hydrogen) atoms. The summed E-state index contributed by atoms with van der Waals surface area (Å²) in [6, 6.07) is 22.5. The standard InChI is InChI=1S/C19H12F3OS2/c20-19(21,22)23-13-9-11-14(12-10-13)25-17-7-3-1-5-15(17)24-16-6-2-4-8-18(16)25/h1-12H/q+1. The summed E-state index contributed by atoms with van der Waals surface area (Å²) in [6.07, 6.45) is -4.68. The molecule has 3 aromatic rings. The molecule has 0 amide bonds. The van der Waals surface area contributed by atoms with Gasteiger partial charge in [-0.3, -0.25) is 0 Å². The van der Waals surface area contributed by atoms with E-state index in [4.69, 9.17) is 0 Å². The molecule has 0 aliphatic carbocycles. The van der Waals surface area contributed by atoms with E-state index in [1.54, 1.807) is 23.9 Å². The largest absolute Gasteiger partial charge is 0.573 e. The molecule has 0 unspecified atom stereocenters. The molecule has 1 aliphatic rings. The number of halogens is 3. The smallest absolute Gasteiger partial charge is 0.406 e. The lowest BCUT2D eigenvalue weighted by Gasteiger charge is -2.18. The molecule has 1 nitrogen and oxygen atoms in total. The van der Waals surface area contributed by atoms with E-state index in [1.165, 1.54) is 31.7 Å². The van der Waals surface area contributed by atoms with Crippen LogP contribution >= 0.6 is 11.8 Å². The minimum Gasteiger partial charge on any atom is -0.406 e. The minimum atomic E-state index is -4.68. The van der Waals surface area contributed by atoms with Crippen LogP contribution in [0.25, 0.3) is 0 Å². The number of alkyl halides is 3. The average molecular weight is 377 g/mol. The second-order valence-electron chi connectivity index (χ2n) is 5.32. The van der Waals surface area contributed by atoms with Crippen LogP contribution in [0.1, 0.15) is 0 Å². The molecule has 0 radical (unpaired) electrons. The number of hydrogen-bond donors (Lipinski definition) is 0. The third kappa shape index (κ3) is 3.37. The van der Waals surface area contributed by atoms with Gasteiger partial charge in [-0.15, -0.1) is 13.2 Å². The lowest BCUT2D eigenvalue weighted by atomic mass is 10.3. The van der Waals surface area contributed by atoms with E-state index >= 15 is 0 Å². The van der Waals surface area contributed by atoms with Crippen LogP contribution in [0.15, 0.2) is 97.3 Å². The minimum absolute atomic E-state index is 0.201. The summed E-state index contributed by atoms with van der Waals surface area (Å²) in [6.45, 7) is 0. The zero-order valence-corrected chi connectivity index (χ0v) is 14.4. The molecule has 6 heteroatoms. The molecule has 3 aromatic carbocycles. The highest BCUT2D eigenvalue weighted by Crippen LogP contribution is 2.48. The van der Waals surface area contributed by atoms with E-state index in [1.807, 2.05) is 24.3 Å². The summed E-state index contributed by atoms with van der Waals surface area (Å²) in [7, 11) is -0.347. The molecule has 1 aliphatic heterocycles. The topological polar surface area (TPSA) is 9.23 Å². The summed E-state index contributed by atoms with van der Waals surface area (Å²) in [5, 5.41) is 0. The summed E-state index contributed by atoms with van der Waals surface area (Å²) in [5.41, 5.74) is 0. The van der Waals surface area contributed by atoms with Crippen LogP contribution in [0.3, 0.4) is 0 Å². The van der Waals surface area contributed by atoms with E-state index in [-0.39, 0.29) is 16.6 Å². The second kappa shape index (κ2) is 6.35. The lowest BCUT2D eigenvalue weighted by Crippen LogP contribution is -2.17. The fourth-order valence-electron chi connectivity index (χ4n) is 2.67. The Balaban J connectivity index is 1.77. The van der Waals surface area contributed by atoms with Gasteiger partial charge in [-0.2, -0.15) is 0 Å². The van der Waals surface area contributed by atoms with Gasteiger partial charge in [0.2, 0.25) is 0 Å². The maximum Gasteiger partial charge on any atom is 0.573 e. The van der Waals surface area contributed by atoms with Crippen LogP contribution in [-0.2, 0) is 10.9 Å². The van der Waals surface area contributed by atoms with Crippen LogP contribution in [-0.4, -0.2) is 6.36 Å². The summed E-state index contributed by atoms with van der Waals surface area (Å²) in [5.74, 6) is -0.201. The summed E-state index contributed by atoms with van der Waals surface area (Å²) < 4.78 is 41.1. The van der Waals surface area contributed by atoms with Crippen LogP contribution in [0.4, 0.5) is 13.2 Å². The van der Waals surface area contributed by atoms with Crippen LogP contribution in [0.2, 0.25) is 0 Å². The van der Waals surface area contributed by atoms with Crippen molar-refractivity contribution in [2.45, 2.75) is 30.8 Å². The molecule has 0 saturated carbocycles. The Morgan fingerprint density at radius 1 is 0.720 bits per heavy atom. The van der Waals surface area contributed by atoms with E-state index in [0.717, 1.165) is 4.90 Å². The number of rotatable bonds is 2. The van der Waals surface area contributed by atoms with Crippen molar-refractivity contribution in [1.29, 1.82) is 0 Å². The number of benzene rings is 3. The third-order valence-corrected chi connectivity index (χ3v) is 7.40. The van der Waals surface area contributed by atoms with Gasteiger partial charge in [0, 0.05) is 0 Å². The van der Waals surface area contributed by atoms with Gasteiger partial charge in [0.05, 0.1) is 9.79 Å². The predicted octanol–water partition coefficient (Wildman–Crippen LogP) is 6.15. The Kier molecular flexibility index (Phi) is 4.17. The van der Waals surface area contributed by atoms with Crippen molar-refractivity contribution in [3.63, 3.8) is 0 Å². The quantitative estimate of drug-likeness (QED) is 0.388. The molecule has 126 valence electrons. The molecule has 0 N–H and O–H groups in total. The molecule has 1 heterocycles. The number of ether oxygens (including phenoxy) is 1. The van der Waals surface area contributed by atoms with E-state index < -0.39 is 6.36 Å². The van der Waals surface area contributed by atoms with Crippen molar-refractivity contribution in [3.8, 4) is 5.75 Å². The van der Waals surface area contributed by atoms with Gasteiger partial charge in [0.1, 0.15) is 16.6 Å². The molecule has 0 fully saturated rings. The lowest BCUT2D eigenvalue weighted by molar-refractivity contribution is -0.274. The van der Waals surface area contributed by atoms with Crippen LogP contribution < -0.4 is 4.74 Å². The van der Waals surface area contributed by atoms with Crippen molar-refractivity contribution in [2.24, 2.45) is 0 Å². The van der Waals surface area contributed by atoms with Gasteiger partial charge in [-0.1, -0.05) is 36.0 Å². The molecule has 0 saturated heterocycles. The van der Waals surface area contributed by atoms with E-state index in [2.05, 4.69) is 29.0 Å². The molecular weight excluding hydrogens is 365 g/mol. The van der Waals surface area contributed by atoms with Gasteiger partial charge in [-0.25, -0.2) is 0 Å². The Labute approximate surface area is 150 Å². The molecular formula is C19H12F3OS2+. The summed E-state index contributed by atoms with van der Waals surface area (Å²) >= 11 is 1.73. The first kappa shape index (κ1) is 16.4. The summed E-state index contributed by atoms with van der Waals surface area (Å²) in [4.78, 5) is 5.71. The zero-order chi connectivity index (χ0) is 17.4. The van der Waals surface area contributed by atoms with Crippen molar-refractivity contribution in [2.75, 3.05) is 0 Å². The van der Waals surface area contributed by atoms with E-state index in [0.29, 0.717) is 0 Å². The normalized spacial score (nSPS) is 13.9. The Morgan fingerprint density at radius 2 is 1.24 bits per heavy atom. The average Bonchev–Trinajstić information content (AvgIpc) is 2.59. The second-order valence-corrected chi connectivity index (χ2v) is 8.37. The van der Waals surface area contributed by atoms with Gasteiger partial charge in [-0.05, 0) is 48.5 Å². The number of fused-ring (bicyclic) bond motifs is 2. The molecule has 0 spiro atoms. The highest BCUT2D eigenvalue weighted by atomic mass is 32.2. The molecule has 0 aromatic heterocycles. The van der Waals surface area contributed by atoms with Crippen molar-refractivity contribution >= 4 is 22.7 Å². The molecule has 4 rings (SSSR count). The van der Waals surface area contributed by atoms with Crippen LogP contribution in [0.5, 0.6) is 5.75 Å². The van der Waals surface area contributed by atoms with Gasteiger partial charge in [0.15, 0.2) is 14.7 Å². The first-order chi connectivity index (χ1) is 12.0. The maximum absolute atomic E-state index is 12.4. The fourth-order valence-corrected chi connectivity index (χ4v) is 6.41. The third-order valence-electron chi connectivity index (χ3n) is 3.65. The Hall–Kier alpha value is -2.05. The van der Waals surface area contributed by atoms with Gasteiger partial charge < -0.3 is 4.74 Å². The highest BCUT2D eigenvalue weighted by molar-refractivity contribution is 8.04. The Morgan fingerprint density at radius 3 is 1.76 bits per heavy atom. The van der Waals surface area contributed by atoms with Crippen molar-refractivity contribution < 1.29 is 17.9 Å². The maximum atomic E-state index is 12.4. The number of hydrogen-bond acceptors (Lipinski definition) is 2. The van der Waals surface area contributed by atoms with Crippen molar-refractivity contribution in [3.05, 3.63) is 72.8 Å². The van der Waals surface area contributed by atoms with E-state index in [9.17, 15) is 13.2 Å². The Bertz CT molecular complexity index is 862. The molecule has 0 bridgehead atoms. The first-order valence-electron chi connectivity index (χ1n) is 7.47. The van der Waals surface area contributed by atoms with Gasteiger partial charge >= 0.3 is 6.36 Å². The van der Waals surface area contributed by atoms with Gasteiger partial charge in [0.25, 0.3) is 0 Å². The highest BCUT2D eigenvalue weighted by Gasteiger charge is 2.38. The SMILES string of the molecule is FC(F)(F)Oc1ccc([S+]2c3ccccc3Sc3ccccc32)cc1. The van der Waals surface area contributed by atoms with Crippen molar-refractivity contribution in [1.82, 2.24) is 0 Å². The fraction of sp³-hybridized carbons (Fsp3) is 0.0526. The predicted molar refractivity (Wildman–Crippen MR) is 92.3 cm³/mol. The monoisotopic (exact) mass is 377 g/mol. The molecule has 0 atom stereocenters. The first-order valence-corrected chi connectivity index (χ1v) is 9.51. The van der Waals surface area contributed by atoms with Crippen LogP contribution in [0, 0.1) is 0 Å².